The van der Waals surface area contributed by atoms with Crippen LogP contribution in [0.4, 0.5) is 18.9 Å². The SMILES string of the molecule is C[C@@]1(Nc2cc(C(F)(F)F)nc3ccccc23)CCC[C@@H](NC(=O)c2snc(Cl)c2Cl)C1. The molecule has 2 N–H and O–H groups in total. The first-order valence-electron chi connectivity index (χ1n) is 9.92. The summed E-state index contributed by atoms with van der Waals surface area (Å²) in [7, 11) is 0. The fourth-order valence-corrected chi connectivity index (χ4v) is 5.24. The second-order valence-electron chi connectivity index (χ2n) is 8.14. The van der Waals surface area contributed by atoms with Crippen LogP contribution in [0.5, 0.6) is 0 Å². The highest BCUT2D eigenvalue weighted by molar-refractivity contribution is 7.09. The van der Waals surface area contributed by atoms with Crippen LogP contribution in [0.25, 0.3) is 10.9 Å². The van der Waals surface area contributed by atoms with Crippen LogP contribution in [0.1, 0.15) is 48.0 Å². The standard InChI is InChI=1S/C21H19Cl2F3N4OS/c1-20(8-4-5-11(10-20)27-19(31)17-16(22)18(23)30-32-17)29-14-9-15(21(24,25)26)28-13-7-3-2-6-12(13)14/h2-3,6-7,9,11H,4-5,8,10H2,1H3,(H,27,31)(H,28,29)/t11-,20-/m1/s1. The van der Waals surface area contributed by atoms with Crippen LogP contribution in [0.2, 0.25) is 10.2 Å². The van der Waals surface area contributed by atoms with Gasteiger partial charge in [-0.1, -0.05) is 41.4 Å². The Morgan fingerprint density at radius 2 is 2.03 bits per heavy atom. The summed E-state index contributed by atoms with van der Waals surface area (Å²) in [5.41, 5.74) is -0.835. The van der Waals surface area contributed by atoms with Gasteiger partial charge in [-0.2, -0.15) is 17.5 Å². The molecule has 1 saturated carbocycles. The van der Waals surface area contributed by atoms with Crippen molar-refractivity contribution in [3.05, 3.63) is 51.1 Å². The number of hydrogen-bond donors (Lipinski definition) is 2. The van der Waals surface area contributed by atoms with E-state index in [2.05, 4.69) is 20.0 Å². The lowest BCUT2D eigenvalue weighted by molar-refractivity contribution is -0.140. The van der Waals surface area contributed by atoms with E-state index in [1.807, 2.05) is 6.92 Å². The molecule has 1 aliphatic carbocycles. The van der Waals surface area contributed by atoms with Gasteiger partial charge in [0.05, 0.1) is 5.52 Å². The van der Waals surface area contributed by atoms with Crippen molar-refractivity contribution in [2.75, 3.05) is 5.32 Å². The molecule has 170 valence electrons. The molecule has 1 aliphatic rings. The predicted octanol–water partition coefficient (Wildman–Crippen LogP) is 6.56. The van der Waals surface area contributed by atoms with Gasteiger partial charge in [-0.3, -0.25) is 4.79 Å². The maximum Gasteiger partial charge on any atom is 0.433 e. The number of carbonyl (C=O) groups is 1. The molecule has 5 nitrogen and oxygen atoms in total. The van der Waals surface area contributed by atoms with E-state index in [0.29, 0.717) is 17.5 Å². The number of nitrogens with zero attached hydrogens (tertiary/aromatic N) is 2. The molecule has 0 bridgehead atoms. The molecule has 3 aromatic rings. The summed E-state index contributed by atoms with van der Waals surface area (Å²) in [6.07, 6.45) is -1.75. The number of anilines is 1. The summed E-state index contributed by atoms with van der Waals surface area (Å²) in [6.45, 7) is 1.95. The fraction of sp³-hybridized carbons (Fsp3) is 0.381. The van der Waals surface area contributed by atoms with Gasteiger partial charge in [-0.15, -0.1) is 0 Å². The van der Waals surface area contributed by atoms with E-state index in [0.717, 1.165) is 36.9 Å². The van der Waals surface area contributed by atoms with E-state index in [9.17, 15) is 18.0 Å². The molecule has 1 fully saturated rings. The Hall–Kier alpha value is -2.10. The number of alkyl halides is 3. The van der Waals surface area contributed by atoms with Crippen molar-refractivity contribution < 1.29 is 18.0 Å². The molecule has 0 aliphatic heterocycles. The first-order valence-corrected chi connectivity index (χ1v) is 11.5. The number of amides is 1. The highest BCUT2D eigenvalue weighted by Gasteiger charge is 2.36. The number of fused-ring (bicyclic) bond motifs is 1. The molecular weight excluding hydrogens is 484 g/mol. The number of nitrogens with one attached hydrogen (secondary N) is 2. The van der Waals surface area contributed by atoms with Crippen LogP contribution in [0, 0.1) is 0 Å². The van der Waals surface area contributed by atoms with Gasteiger partial charge >= 0.3 is 6.18 Å². The summed E-state index contributed by atoms with van der Waals surface area (Å²) in [6, 6.07) is 7.59. The van der Waals surface area contributed by atoms with Crippen molar-refractivity contribution in [1.82, 2.24) is 14.7 Å². The zero-order chi connectivity index (χ0) is 23.1. The van der Waals surface area contributed by atoms with E-state index >= 15 is 0 Å². The van der Waals surface area contributed by atoms with E-state index < -0.39 is 17.4 Å². The van der Waals surface area contributed by atoms with Crippen molar-refractivity contribution in [1.29, 1.82) is 0 Å². The lowest BCUT2D eigenvalue weighted by Gasteiger charge is -2.40. The molecule has 0 saturated heterocycles. The molecule has 2 atom stereocenters. The number of halogens is 5. The fourth-order valence-electron chi connectivity index (χ4n) is 4.12. The van der Waals surface area contributed by atoms with Gasteiger partial charge in [-0.25, -0.2) is 4.98 Å². The molecule has 0 unspecified atom stereocenters. The second kappa shape index (κ2) is 8.68. The molecular formula is C21H19Cl2F3N4OS. The number of pyridine rings is 1. The first kappa shape index (κ1) is 23.1. The number of rotatable bonds is 4. The minimum absolute atomic E-state index is 0.0852. The molecule has 11 heteroatoms. The number of carbonyl (C=O) groups excluding carboxylic acids is 1. The molecule has 0 radical (unpaired) electrons. The Morgan fingerprint density at radius 3 is 2.72 bits per heavy atom. The molecule has 1 amide bonds. The second-order valence-corrected chi connectivity index (χ2v) is 9.65. The highest BCUT2D eigenvalue weighted by atomic mass is 35.5. The largest absolute Gasteiger partial charge is 0.433 e. The van der Waals surface area contributed by atoms with Gasteiger partial charge in [0.15, 0.2) is 5.15 Å². The Kier molecular flexibility index (Phi) is 6.26. The average Bonchev–Trinajstić information content (AvgIpc) is 3.05. The van der Waals surface area contributed by atoms with E-state index in [-0.39, 0.29) is 32.5 Å². The van der Waals surface area contributed by atoms with Gasteiger partial charge in [0.25, 0.3) is 5.91 Å². The molecule has 2 heterocycles. The normalized spacial score (nSPS) is 21.5. The number of aromatic nitrogens is 2. The molecule has 1 aromatic carbocycles. The molecule has 0 spiro atoms. The highest BCUT2D eigenvalue weighted by Crippen LogP contribution is 2.37. The first-order chi connectivity index (χ1) is 15.1. The molecule has 32 heavy (non-hydrogen) atoms. The van der Waals surface area contributed by atoms with Gasteiger partial charge in [0, 0.05) is 22.7 Å². The van der Waals surface area contributed by atoms with Gasteiger partial charge < -0.3 is 10.6 Å². The van der Waals surface area contributed by atoms with Crippen molar-refractivity contribution >= 4 is 57.2 Å². The minimum Gasteiger partial charge on any atom is -0.379 e. The van der Waals surface area contributed by atoms with Gasteiger partial charge in [-0.05, 0) is 56.3 Å². The Balaban J connectivity index is 1.57. The third-order valence-electron chi connectivity index (χ3n) is 5.56. The van der Waals surface area contributed by atoms with Crippen molar-refractivity contribution in [3.63, 3.8) is 0 Å². The summed E-state index contributed by atoms with van der Waals surface area (Å²) in [4.78, 5) is 16.6. The molecule has 4 rings (SSSR count). The number of hydrogen-bond acceptors (Lipinski definition) is 5. The minimum atomic E-state index is -4.56. The Labute approximate surface area is 196 Å². The van der Waals surface area contributed by atoms with Crippen molar-refractivity contribution in [2.45, 2.75) is 50.4 Å². The number of benzene rings is 1. The smallest absolute Gasteiger partial charge is 0.379 e. The van der Waals surface area contributed by atoms with Crippen LogP contribution in [0.3, 0.4) is 0 Å². The van der Waals surface area contributed by atoms with E-state index in [1.165, 1.54) is 0 Å². The zero-order valence-corrected chi connectivity index (χ0v) is 19.2. The quantitative estimate of drug-likeness (QED) is 0.423. The maximum absolute atomic E-state index is 13.4. The predicted molar refractivity (Wildman–Crippen MR) is 121 cm³/mol. The van der Waals surface area contributed by atoms with Gasteiger partial charge in [0.2, 0.25) is 0 Å². The lowest BCUT2D eigenvalue weighted by atomic mass is 9.80. The summed E-state index contributed by atoms with van der Waals surface area (Å²) >= 11 is 12.8. The summed E-state index contributed by atoms with van der Waals surface area (Å²) < 4.78 is 44.1. The maximum atomic E-state index is 13.4. The third-order valence-corrected chi connectivity index (χ3v) is 7.36. The number of para-hydroxylation sites is 1. The van der Waals surface area contributed by atoms with E-state index in [4.69, 9.17) is 23.2 Å². The Morgan fingerprint density at radius 1 is 1.28 bits per heavy atom. The van der Waals surface area contributed by atoms with Crippen LogP contribution in [-0.2, 0) is 6.18 Å². The lowest BCUT2D eigenvalue weighted by Crippen LogP contribution is -2.48. The van der Waals surface area contributed by atoms with Gasteiger partial charge in [0.1, 0.15) is 15.6 Å². The van der Waals surface area contributed by atoms with Crippen LogP contribution in [0.15, 0.2) is 30.3 Å². The summed E-state index contributed by atoms with van der Waals surface area (Å²) in [5, 5.41) is 7.10. The summed E-state index contributed by atoms with van der Waals surface area (Å²) in [5.74, 6) is -0.359. The van der Waals surface area contributed by atoms with E-state index in [1.54, 1.807) is 24.3 Å². The third kappa shape index (κ3) is 4.79. The van der Waals surface area contributed by atoms with Crippen LogP contribution >= 0.6 is 34.7 Å². The Bertz CT molecular complexity index is 1170. The molecule has 2 aromatic heterocycles. The topological polar surface area (TPSA) is 66.9 Å². The van der Waals surface area contributed by atoms with Crippen LogP contribution < -0.4 is 10.6 Å². The zero-order valence-electron chi connectivity index (χ0n) is 16.9. The monoisotopic (exact) mass is 502 g/mol. The average molecular weight is 503 g/mol. The van der Waals surface area contributed by atoms with Crippen molar-refractivity contribution in [3.8, 4) is 0 Å². The van der Waals surface area contributed by atoms with Crippen LogP contribution in [-0.4, -0.2) is 26.8 Å². The van der Waals surface area contributed by atoms with Crippen molar-refractivity contribution in [2.24, 2.45) is 0 Å².